The lowest BCUT2D eigenvalue weighted by molar-refractivity contribution is 0.0970. The predicted molar refractivity (Wildman–Crippen MR) is 130 cm³/mol. The molecule has 0 aromatic carbocycles. The number of carbonyl (C=O) groups excluding carboxylic acids is 1. The Kier molecular flexibility index (Phi) is 7.38. The predicted octanol–water partition coefficient (Wildman–Crippen LogP) is 2.96. The number of ketones is 1. The van der Waals surface area contributed by atoms with E-state index < -0.39 is 8.38 Å². The van der Waals surface area contributed by atoms with Gasteiger partial charge in [-0.25, -0.2) is 4.68 Å². The highest BCUT2D eigenvalue weighted by atomic mass is 32.1. The Labute approximate surface area is 196 Å². The summed E-state index contributed by atoms with van der Waals surface area (Å²) in [7, 11) is -0.332. The number of fused-ring (bicyclic) bond motifs is 1. The third-order valence-electron chi connectivity index (χ3n) is 5.96. The van der Waals surface area contributed by atoms with E-state index in [9.17, 15) is 19.4 Å². The number of aromatic nitrogens is 3. The van der Waals surface area contributed by atoms with Crippen molar-refractivity contribution in [3.8, 4) is 5.88 Å². The van der Waals surface area contributed by atoms with Crippen molar-refractivity contribution in [2.75, 3.05) is 31.3 Å². The van der Waals surface area contributed by atoms with Crippen molar-refractivity contribution < 1.29 is 19.3 Å². The lowest BCUT2D eigenvalue weighted by Gasteiger charge is -2.33. The largest absolute Gasteiger partial charge is 0.481 e. The normalized spacial score (nSPS) is 14.9. The Morgan fingerprint density at radius 1 is 1.30 bits per heavy atom. The second-order valence-electron chi connectivity index (χ2n) is 8.21. The van der Waals surface area contributed by atoms with Crippen molar-refractivity contribution in [3.05, 3.63) is 44.5 Å². The smallest absolute Gasteiger partial charge is 0.278 e. The number of methoxy groups -OCH3 is 1. The molecule has 0 radical (unpaired) electrons. The minimum Gasteiger partial charge on any atom is -0.481 e. The summed E-state index contributed by atoms with van der Waals surface area (Å²) in [6, 6.07) is 5.33. The second-order valence-corrected chi connectivity index (χ2v) is 10.7. The summed E-state index contributed by atoms with van der Waals surface area (Å²) < 4.78 is 6.56. The zero-order chi connectivity index (χ0) is 23.5. The molecule has 4 heterocycles. The topological polar surface area (TPSA) is 118 Å². The highest BCUT2D eigenvalue weighted by molar-refractivity contribution is 7.45. The van der Waals surface area contributed by atoms with E-state index in [1.165, 1.54) is 23.1 Å². The number of hydrogen-bond acceptors (Lipinski definition) is 9. The molecule has 0 saturated carbocycles. The van der Waals surface area contributed by atoms with Crippen molar-refractivity contribution in [1.82, 2.24) is 14.8 Å². The van der Waals surface area contributed by atoms with Gasteiger partial charge in [-0.3, -0.25) is 9.59 Å². The Morgan fingerprint density at radius 3 is 2.70 bits per heavy atom. The molecule has 0 bridgehead atoms. The van der Waals surface area contributed by atoms with Crippen LogP contribution in [0.25, 0.3) is 10.8 Å². The van der Waals surface area contributed by atoms with Gasteiger partial charge in [-0.15, -0.1) is 11.3 Å². The first-order valence-corrected chi connectivity index (χ1v) is 13.1. The third kappa shape index (κ3) is 5.41. The molecule has 3 aromatic heterocycles. The van der Waals surface area contributed by atoms with E-state index in [2.05, 4.69) is 15.0 Å². The molecule has 2 N–H and O–H groups in total. The van der Waals surface area contributed by atoms with Crippen LogP contribution in [0.15, 0.2) is 29.2 Å². The second kappa shape index (κ2) is 10.3. The summed E-state index contributed by atoms with van der Waals surface area (Å²) in [5.41, 5.74) is -0.354. The maximum atomic E-state index is 13.4. The summed E-state index contributed by atoms with van der Waals surface area (Å²) in [6.07, 6.45) is 4.53. The third-order valence-corrected chi connectivity index (χ3v) is 7.66. The molecule has 1 aliphatic heterocycles. The number of carbonyl (C=O) groups is 1. The number of Topliss-reactive ketones (excluding diaryl/α,β-unsaturated/α-hetero) is 1. The van der Waals surface area contributed by atoms with Gasteiger partial charge in [0.25, 0.3) is 5.56 Å². The fraction of sp³-hybridized carbons (Fsp3) is 0.455. The van der Waals surface area contributed by atoms with Crippen LogP contribution >= 0.6 is 19.7 Å². The molecular formula is C22H27N4O5PS. The van der Waals surface area contributed by atoms with Gasteiger partial charge in [0.05, 0.1) is 23.6 Å². The molecule has 0 unspecified atom stereocenters. The average molecular weight is 491 g/mol. The maximum absolute atomic E-state index is 13.4. The Bertz CT molecular complexity index is 1200. The molecule has 0 spiro atoms. The lowest BCUT2D eigenvalue weighted by atomic mass is 9.94. The van der Waals surface area contributed by atoms with Crippen LogP contribution in [-0.4, -0.2) is 56.7 Å². The molecule has 176 valence electrons. The molecule has 4 rings (SSSR count). The molecular weight excluding hydrogens is 463 g/mol. The summed E-state index contributed by atoms with van der Waals surface area (Å²) in [5, 5.41) is 5.27. The van der Waals surface area contributed by atoms with Crippen molar-refractivity contribution in [2.45, 2.75) is 32.7 Å². The van der Waals surface area contributed by atoms with Gasteiger partial charge in [-0.1, -0.05) is 0 Å². The Morgan fingerprint density at radius 2 is 2.06 bits per heavy atom. The molecule has 11 heteroatoms. The van der Waals surface area contributed by atoms with Crippen LogP contribution < -0.4 is 15.2 Å². The van der Waals surface area contributed by atoms with Gasteiger partial charge in [-0.05, 0) is 44.2 Å². The molecule has 0 atom stereocenters. The van der Waals surface area contributed by atoms with Crippen LogP contribution in [0.3, 0.4) is 0 Å². The summed E-state index contributed by atoms with van der Waals surface area (Å²) in [4.78, 5) is 52.8. The minimum absolute atomic E-state index is 0.131. The molecule has 33 heavy (non-hydrogen) atoms. The number of aryl methyl sites for hydroxylation is 1. The number of ether oxygens (including phenoxy) is 1. The number of nitrogens with zero attached hydrogens (tertiary/aromatic N) is 4. The van der Waals surface area contributed by atoms with E-state index in [4.69, 9.17) is 4.74 Å². The van der Waals surface area contributed by atoms with Gasteiger partial charge in [0.15, 0.2) is 14.2 Å². The number of pyridine rings is 1. The van der Waals surface area contributed by atoms with Gasteiger partial charge in [0.2, 0.25) is 5.88 Å². The van der Waals surface area contributed by atoms with E-state index >= 15 is 0 Å². The molecule has 1 fully saturated rings. The van der Waals surface area contributed by atoms with Gasteiger partial charge >= 0.3 is 0 Å². The first-order chi connectivity index (χ1) is 15.9. The van der Waals surface area contributed by atoms with Gasteiger partial charge in [0, 0.05) is 35.6 Å². The SMILES string of the molecule is COc1cc2cnn(CC(=O)c3ccc(C)s3)c(=O)c2c(N2CCC(CCP(O)O)CC2)n1. The Hall–Kier alpha value is -2.39. The van der Waals surface area contributed by atoms with Crippen LogP contribution in [0, 0.1) is 12.8 Å². The van der Waals surface area contributed by atoms with Crippen LogP contribution in [0.4, 0.5) is 5.82 Å². The number of rotatable bonds is 8. The van der Waals surface area contributed by atoms with Crippen molar-refractivity contribution in [3.63, 3.8) is 0 Å². The zero-order valence-corrected chi connectivity index (χ0v) is 20.3. The molecule has 0 amide bonds. The van der Waals surface area contributed by atoms with Crippen LogP contribution in [-0.2, 0) is 6.54 Å². The van der Waals surface area contributed by atoms with Crippen LogP contribution in [0.2, 0.25) is 0 Å². The summed E-state index contributed by atoms with van der Waals surface area (Å²) in [5.74, 6) is 1.19. The number of thiophene rings is 1. The molecule has 0 aliphatic carbocycles. The highest BCUT2D eigenvalue weighted by Gasteiger charge is 2.25. The quantitative estimate of drug-likeness (QED) is 0.366. The number of hydrogen-bond donors (Lipinski definition) is 2. The van der Waals surface area contributed by atoms with E-state index in [0.717, 1.165) is 24.1 Å². The van der Waals surface area contributed by atoms with Gasteiger partial charge < -0.3 is 19.4 Å². The first kappa shape index (κ1) is 23.8. The summed E-state index contributed by atoms with van der Waals surface area (Å²) in [6.45, 7) is 3.20. The zero-order valence-electron chi connectivity index (χ0n) is 18.6. The molecule has 3 aromatic rings. The maximum Gasteiger partial charge on any atom is 0.278 e. The summed E-state index contributed by atoms with van der Waals surface area (Å²) >= 11 is 1.40. The van der Waals surface area contributed by atoms with E-state index in [1.54, 1.807) is 18.3 Å². The molecule has 1 saturated heterocycles. The first-order valence-electron chi connectivity index (χ1n) is 10.8. The number of piperidine rings is 1. The monoisotopic (exact) mass is 490 g/mol. The minimum atomic E-state index is -1.86. The molecule has 1 aliphatic rings. The molecule has 9 nitrogen and oxygen atoms in total. The van der Waals surface area contributed by atoms with Crippen molar-refractivity contribution in [2.24, 2.45) is 5.92 Å². The van der Waals surface area contributed by atoms with Gasteiger partial charge in [0.1, 0.15) is 12.4 Å². The van der Waals surface area contributed by atoms with E-state index in [1.807, 2.05) is 13.0 Å². The van der Waals surface area contributed by atoms with Crippen molar-refractivity contribution in [1.29, 1.82) is 0 Å². The van der Waals surface area contributed by atoms with Crippen LogP contribution in [0.5, 0.6) is 5.88 Å². The Balaban J connectivity index is 1.63. The lowest BCUT2D eigenvalue weighted by Crippen LogP contribution is -2.36. The van der Waals surface area contributed by atoms with E-state index in [0.29, 0.717) is 52.5 Å². The fourth-order valence-corrected chi connectivity index (χ4v) is 5.53. The fourth-order valence-electron chi connectivity index (χ4n) is 4.14. The highest BCUT2D eigenvalue weighted by Crippen LogP contribution is 2.33. The standard InChI is InChI=1S/C22H27N4O5PS/c1-14-3-4-18(33-14)17(27)13-26-22(28)20-16(12-23-26)11-19(31-2)24-21(20)25-8-5-15(6-9-25)7-10-32(29)30/h3-4,11-12,15,29-30H,5-10,13H2,1-2H3. The van der Waals surface area contributed by atoms with Crippen LogP contribution in [0.1, 0.15) is 33.8 Å². The van der Waals surface area contributed by atoms with Crippen molar-refractivity contribution >= 4 is 42.1 Å². The van der Waals surface area contributed by atoms with E-state index in [-0.39, 0.29) is 17.9 Å². The van der Waals surface area contributed by atoms with Gasteiger partial charge in [-0.2, -0.15) is 10.1 Å². The average Bonchev–Trinajstić information content (AvgIpc) is 3.25. The number of anilines is 1.